The summed E-state index contributed by atoms with van der Waals surface area (Å²) in [4.78, 5) is 16.9. The van der Waals surface area contributed by atoms with E-state index in [-0.39, 0.29) is 12.7 Å². The van der Waals surface area contributed by atoms with Crippen LogP contribution in [0, 0.1) is 5.92 Å². The number of hydrogen-bond acceptors (Lipinski definition) is 4. The van der Waals surface area contributed by atoms with Gasteiger partial charge in [-0.15, -0.1) is 0 Å². The van der Waals surface area contributed by atoms with Gasteiger partial charge in [-0.3, -0.25) is 4.79 Å². The van der Waals surface area contributed by atoms with E-state index in [1.807, 2.05) is 36.2 Å². The number of carbonyl (C=O) groups excluding carboxylic acids is 1. The second-order valence-electron chi connectivity index (χ2n) is 7.07. The summed E-state index contributed by atoms with van der Waals surface area (Å²) in [6, 6.07) is 16.2. The number of ether oxygens (including phenoxy) is 2. The number of benzene rings is 2. The van der Waals surface area contributed by atoms with E-state index in [2.05, 4.69) is 29.2 Å². The van der Waals surface area contributed by atoms with Crippen molar-refractivity contribution < 1.29 is 14.3 Å². The Kier molecular flexibility index (Phi) is 4.69. The molecule has 0 unspecified atom stereocenters. The molecule has 1 atom stereocenters. The topological polar surface area (TPSA) is 42.0 Å². The van der Waals surface area contributed by atoms with Crippen LogP contribution < -0.4 is 14.4 Å². The Morgan fingerprint density at radius 3 is 2.81 bits per heavy atom. The van der Waals surface area contributed by atoms with Crippen molar-refractivity contribution in [2.24, 2.45) is 5.92 Å². The molecule has 26 heavy (non-hydrogen) atoms. The van der Waals surface area contributed by atoms with E-state index < -0.39 is 0 Å². The molecule has 0 radical (unpaired) electrons. The molecular weight excluding hydrogens is 328 g/mol. The number of rotatable bonds is 5. The van der Waals surface area contributed by atoms with Gasteiger partial charge in [0, 0.05) is 32.4 Å². The molecule has 0 N–H and O–H groups in total. The Hall–Kier alpha value is -2.69. The van der Waals surface area contributed by atoms with Gasteiger partial charge < -0.3 is 19.3 Å². The lowest BCUT2D eigenvalue weighted by molar-refractivity contribution is -0.129. The van der Waals surface area contributed by atoms with Gasteiger partial charge in [0.1, 0.15) is 0 Å². The molecule has 4 rings (SSSR count). The molecule has 0 bridgehead atoms. The van der Waals surface area contributed by atoms with Crippen molar-refractivity contribution in [1.82, 2.24) is 4.90 Å². The van der Waals surface area contributed by atoms with Gasteiger partial charge in [0.15, 0.2) is 11.5 Å². The van der Waals surface area contributed by atoms with E-state index in [1.165, 1.54) is 5.69 Å². The molecule has 2 heterocycles. The van der Waals surface area contributed by atoms with E-state index in [1.54, 1.807) is 0 Å². The number of para-hydroxylation sites is 1. The third kappa shape index (κ3) is 3.62. The largest absolute Gasteiger partial charge is 0.454 e. The first kappa shape index (κ1) is 16.8. The Balaban J connectivity index is 1.30. The van der Waals surface area contributed by atoms with Gasteiger partial charge in [0.2, 0.25) is 12.7 Å². The van der Waals surface area contributed by atoms with Gasteiger partial charge in [-0.1, -0.05) is 24.3 Å². The van der Waals surface area contributed by atoms with E-state index in [9.17, 15) is 4.79 Å². The van der Waals surface area contributed by atoms with Crippen molar-refractivity contribution in [2.75, 3.05) is 38.4 Å². The SMILES string of the molecule is CN(C[C@@H]1CCN(c2ccccc2)C1)C(=O)Cc1ccc2c(c1)OCO2. The van der Waals surface area contributed by atoms with Gasteiger partial charge in [-0.2, -0.15) is 0 Å². The van der Waals surface area contributed by atoms with Crippen molar-refractivity contribution in [3.8, 4) is 11.5 Å². The zero-order valence-electron chi connectivity index (χ0n) is 15.1. The molecule has 1 fully saturated rings. The highest BCUT2D eigenvalue weighted by Crippen LogP contribution is 2.32. The summed E-state index contributed by atoms with van der Waals surface area (Å²) in [5, 5.41) is 0. The maximum absolute atomic E-state index is 12.6. The lowest BCUT2D eigenvalue weighted by Gasteiger charge is -2.23. The van der Waals surface area contributed by atoms with Crippen LogP contribution in [0.3, 0.4) is 0 Å². The summed E-state index contributed by atoms with van der Waals surface area (Å²) < 4.78 is 10.7. The van der Waals surface area contributed by atoms with Gasteiger partial charge in [0.25, 0.3) is 0 Å². The second-order valence-corrected chi connectivity index (χ2v) is 7.07. The second kappa shape index (κ2) is 7.28. The summed E-state index contributed by atoms with van der Waals surface area (Å²) in [5.41, 5.74) is 2.23. The van der Waals surface area contributed by atoms with E-state index in [0.29, 0.717) is 12.3 Å². The predicted octanol–water partition coefficient (Wildman–Crippen LogP) is 2.94. The van der Waals surface area contributed by atoms with Crippen molar-refractivity contribution in [3.63, 3.8) is 0 Å². The first-order chi connectivity index (χ1) is 12.7. The standard InChI is InChI=1S/C21H24N2O3/c1-22(13-17-9-10-23(14-17)18-5-3-2-4-6-18)21(24)12-16-7-8-19-20(11-16)26-15-25-19/h2-8,11,17H,9-10,12-15H2,1H3/t17-/m0/s1. The minimum atomic E-state index is 0.141. The zero-order valence-corrected chi connectivity index (χ0v) is 15.1. The molecule has 2 aromatic rings. The van der Waals surface area contributed by atoms with Crippen molar-refractivity contribution in [2.45, 2.75) is 12.8 Å². The summed E-state index contributed by atoms with van der Waals surface area (Å²) in [6.45, 7) is 3.11. The van der Waals surface area contributed by atoms with Crippen LogP contribution in [0.1, 0.15) is 12.0 Å². The molecule has 0 saturated carbocycles. The van der Waals surface area contributed by atoms with Crippen LogP contribution in [0.25, 0.3) is 0 Å². The average molecular weight is 352 g/mol. The molecule has 0 aromatic heterocycles. The highest BCUT2D eigenvalue weighted by Gasteiger charge is 2.25. The number of amides is 1. The summed E-state index contributed by atoms with van der Waals surface area (Å²) in [5.74, 6) is 2.14. The fourth-order valence-corrected chi connectivity index (χ4v) is 3.70. The summed E-state index contributed by atoms with van der Waals surface area (Å²) in [7, 11) is 1.90. The molecule has 2 aliphatic heterocycles. The third-order valence-corrected chi connectivity index (χ3v) is 5.16. The zero-order chi connectivity index (χ0) is 17.9. The lowest BCUT2D eigenvalue weighted by Crippen LogP contribution is -2.34. The molecule has 2 aromatic carbocycles. The first-order valence-corrected chi connectivity index (χ1v) is 9.11. The van der Waals surface area contributed by atoms with Gasteiger partial charge in [-0.25, -0.2) is 0 Å². The minimum absolute atomic E-state index is 0.141. The number of carbonyl (C=O) groups is 1. The summed E-state index contributed by atoms with van der Waals surface area (Å²) in [6.07, 6.45) is 1.51. The molecule has 5 heteroatoms. The monoisotopic (exact) mass is 352 g/mol. The van der Waals surface area contributed by atoms with E-state index >= 15 is 0 Å². The molecule has 0 spiro atoms. The van der Waals surface area contributed by atoms with Gasteiger partial charge >= 0.3 is 0 Å². The quantitative estimate of drug-likeness (QED) is 0.830. The van der Waals surface area contributed by atoms with Crippen LogP contribution in [-0.2, 0) is 11.2 Å². The number of hydrogen-bond donors (Lipinski definition) is 0. The third-order valence-electron chi connectivity index (χ3n) is 5.16. The molecule has 136 valence electrons. The number of anilines is 1. The maximum Gasteiger partial charge on any atom is 0.231 e. The van der Waals surface area contributed by atoms with Gasteiger partial charge in [0.05, 0.1) is 6.42 Å². The molecular formula is C21H24N2O3. The smallest absolute Gasteiger partial charge is 0.231 e. The Morgan fingerprint density at radius 1 is 1.15 bits per heavy atom. The van der Waals surface area contributed by atoms with Crippen LogP contribution >= 0.6 is 0 Å². The fraction of sp³-hybridized carbons (Fsp3) is 0.381. The van der Waals surface area contributed by atoms with Crippen molar-refractivity contribution in [3.05, 3.63) is 54.1 Å². The fourth-order valence-electron chi connectivity index (χ4n) is 3.70. The minimum Gasteiger partial charge on any atom is -0.454 e. The van der Waals surface area contributed by atoms with Crippen molar-refractivity contribution in [1.29, 1.82) is 0 Å². The molecule has 0 aliphatic carbocycles. The van der Waals surface area contributed by atoms with Crippen LogP contribution in [0.5, 0.6) is 11.5 Å². The van der Waals surface area contributed by atoms with Crippen LogP contribution in [0.15, 0.2) is 48.5 Å². The van der Waals surface area contributed by atoms with Crippen LogP contribution in [-0.4, -0.2) is 44.3 Å². The summed E-state index contributed by atoms with van der Waals surface area (Å²) >= 11 is 0. The Bertz CT molecular complexity index is 778. The van der Waals surface area contributed by atoms with Crippen molar-refractivity contribution >= 4 is 11.6 Å². The van der Waals surface area contributed by atoms with E-state index in [0.717, 1.165) is 43.1 Å². The highest BCUT2D eigenvalue weighted by molar-refractivity contribution is 5.78. The molecule has 2 aliphatic rings. The number of nitrogens with zero attached hydrogens (tertiary/aromatic N) is 2. The molecule has 5 nitrogen and oxygen atoms in total. The molecule has 1 saturated heterocycles. The highest BCUT2D eigenvalue weighted by atomic mass is 16.7. The number of fused-ring (bicyclic) bond motifs is 1. The first-order valence-electron chi connectivity index (χ1n) is 9.11. The Labute approximate surface area is 154 Å². The predicted molar refractivity (Wildman–Crippen MR) is 101 cm³/mol. The van der Waals surface area contributed by atoms with Crippen LogP contribution in [0.4, 0.5) is 5.69 Å². The van der Waals surface area contributed by atoms with E-state index in [4.69, 9.17) is 9.47 Å². The number of likely N-dealkylation sites (N-methyl/N-ethyl adjacent to an activating group) is 1. The lowest BCUT2D eigenvalue weighted by atomic mass is 10.1. The molecule has 1 amide bonds. The maximum atomic E-state index is 12.6. The normalized spacial score (nSPS) is 18.2. The Morgan fingerprint density at radius 2 is 1.96 bits per heavy atom. The van der Waals surface area contributed by atoms with Gasteiger partial charge in [-0.05, 0) is 42.2 Å². The van der Waals surface area contributed by atoms with Crippen LogP contribution in [0.2, 0.25) is 0 Å². The average Bonchev–Trinajstić information content (AvgIpc) is 3.31.